The van der Waals surface area contributed by atoms with E-state index in [1.54, 1.807) is 0 Å². The molecule has 2 N–H and O–H groups in total. The van der Waals surface area contributed by atoms with E-state index in [4.69, 9.17) is 5.73 Å². The minimum atomic E-state index is 0.558. The van der Waals surface area contributed by atoms with Gasteiger partial charge in [-0.15, -0.1) is 0 Å². The van der Waals surface area contributed by atoms with Crippen LogP contribution in [0.25, 0.3) is 0 Å². The van der Waals surface area contributed by atoms with E-state index in [0.717, 1.165) is 0 Å². The summed E-state index contributed by atoms with van der Waals surface area (Å²) in [6.07, 6.45) is 3.91. The molecule has 0 spiro atoms. The second-order valence-electron chi connectivity index (χ2n) is 5.97. The van der Waals surface area contributed by atoms with Crippen molar-refractivity contribution in [2.24, 2.45) is 11.1 Å². The number of nitrogens with two attached hydrogens (primary N) is 1. The Bertz CT molecular complexity index is 404. The van der Waals surface area contributed by atoms with Crippen LogP contribution < -0.4 is 10.6 Å². The van der Waals surface area contributed by atoms with Crippen molar-refractivity contribution in [2.45, 2.75) is 46.6 Å². The maximum absolute atomic E-state index is 5.72. The SMILES string of the molecule is CCC1(C)CCN(c2ccc(CN)c(C)c2)CC1. The maximum Gasteiger partial charge on any atom is 0.0369 e. The van der Waals surface area contributed by atoms with Crippen molar-refractivity contribution in [3.63, 3.8) is 0 Å². The zero-order valence-electron chi connectivity index (χ0n) is 12.0. The Morgan fingerprint density at radius 1 is 1.28 bits per heavy atom. The molecule has 1 aromatic rings. The van der Waals surface area contributed by atoms with E-state index in [2.05, 4.69) is 43.9 Å². The highest BCUT2D eigenvalue weighted by molar-refractivity contribution is 5.51. The van der Waals surface area contributed by atoms with Gasteiger partial charge in [-0.2, -0.15) is 0 Å². The normalized spacial score (nSPS) is 19.0. The summed E-state index contributed by atoms with van der Waals surface area (Å²) in [4.78, 5) is 2.52. The van der Waals surface area contributed by atoms with Crippen LogP contribution >= 0.6 is 0 Å². The van der Waals surface area contributed by atoms with Crippen LogP contribution in [0.4, 0.5) is 5.69 Å². The Morgan fingerprint density at radius 2 is 1.94 bits per heavy atom. The number of piperidine rings is 1. The summed E-state index contributed by atoms with van der Waals surface area (Å²) in [5.74, 6) is 0. The van der Waals surface area contributed by atoms with Crippen LogP contribution in [0.1, 0.15) is 44.2 Å². The Labute approximate surface area is 111 Å². The van der Waals surface area contributed by atoms with Gasteiger partial charge in [0, 0.05) is 25.3 Å². The van der Waals surface area contributed by atoms with Gasteiger partial charge < -0.3 is 10.6 Å². The molecule has 0 unspecified atom stereocenters. The second-order valence-corrected chi connectivity index (χ2v) is 5.97. The number of anilines is 1. The standard InChI is InChI=1S/C16H26N2/c1-4-16(3)7-9-18(10-8-16)15-6-5-14(12-17)13(2)11-15/h5-6,11H,4,7-10,12,17H2,1-3H3. The average molecular weight is 246 g/mol. The largest absolute Gasteiger partial charge is 0.371 e. The molecule has 1 aromatic carbocycles. The van der Waals surface area contributed by atoms with Gasteiger partial charge in [0.15, 0.2) is 0 Å². The first-order chi connectivity index (χ1) is 8.58. The molecule has 2 heteroatoms. The van der Waals surface area contributed by atoms with Gasteiger partial charge in [-0.3, -0.25) is 0 Å². The fraction of sp³-hybridized carbons (Fsp3) is 0.625. The van der Waals surface area contributed by atoms with Crippen LogP contribution in [0.5, 0.6) is 0 Å². The Balaban J connectivity index is 2.08. The zero-order valence-corrected chi connectivity index (χ0v) is 12.0. The molecule has 100 valence electrons. The summed E-state index contributed by atoms with van der Waals surface area (Å²) in [6, 6.07) is 6.69. The molecule has 0 atom stereocenters. The van der Waals surface area contributed by atoms with Gasteiger partial charge in [-0.25, -0.2) is 0 Å². The number of hydrogen-bond donors (Lipinski definition) is 1. The predicted octanol–water partition coefficient (Wildman–Crippen LogP) is 3.47. The molecule has 0 bridgehead atoms. The summed E-state index contributed by atoms with van der Waals surface area (Å²) in [7, 11) is 0. The van der Waals surface area contributed by atoms with E-state index in [0.29, 0.717) is 12.0 Å². The molecule has 18 heavy (non-hydrogen) atoms. The van der Waals surface area contributed by atoms with Crippen LogP contribution in [0.3, 0.4) is 0 Å². The van der Waals surface area contributed by atoms with Crippen molar-refractivity contribution in [2.75, 3.05) is 18.0 Å². The van der Waals surface area contributed by atoms with Crippen LogP contribution in [-0.2, 0) is 6.54 Å². The third-order valence-corrected chi connectivity index (χ3v) is 4.74. The summed E-state index contributed by atoms with van der Waals surface area (Å²) in [6.45, 7) is 9.91. The molecule has 2 rings (SSSR count). The highest BCUT2D eigenvalue weighted by atomic mass is 15.1. The van der Waals surface area contributed by atoms with Crippen molar-refractivity contribution in [3.05, 3.63) is 29.3 Å². The average Bonchev–Trinajstić information content (AvgIpc) is 2.39. The van der Waals surface area contributed by atoms with Gasteiger partial charge in [-0.1, -0.05) is 26.3 Å². The lowest BCUT2D eigenvalue weighted by atomic mass is 9.78. The lowest BCUT2D eigenvalue weighted by Gasteiger charge is -2.40. The van der Waals surface area contributed by atoms with E-state index in [1.807, 2.05) is 0 Å². The highest BCUT2D eigenvalue weighted by Gasteiger charge is 2.28. The molecule has 1 aliphatic heterocycles. The predicted molar refractivity (Wildman–Crippen MR) is 78.9 cm³/mol. The van der Waals surface area contributed by atoms with Gasteiger partial charge in [0.1, 0.15) is 0 Å². The Morgan fingerprint density at radius 3 is 2.44 bits per heavy atom. The van der Waals surface area contributed by atoms with E-state index >= 15 is 0 Å². The first-order valence-corrected chi connectivity index (χ1v) is 7.12. The second kappa shape index (κ2) is 5.31. The molecule has 0 aliphatic carbocycles. The molecule has 0 amide bonds. The van der Waals surface area contributed by atoms with Gasteiger partial charge in [0.05, 0.1) is 0 Å². The summed E-state index contributed by atoms with van der Waals surface area (Å²) in [5, 5.41) is 0. The molecule has 1 heterocycles. The number of aryl methyl sites for hydroxylation is 1. The molecule has 1 aliphatic rings. The molecule has 0 saturated carbocycles. The topological polar surface area (TPSA) is 29.3 Å². The van der Waals surface area contributed by atoms with Crippen molar-refractivity contribution in [3.8, 4) is 0 Å². The van der Waals surface area contributed by atoms with Crippen molar-refractivity contribution in [1.29, 1.82) is 0 Å². The minimum Gasteiger partial charge on any atom is -0.371 e. The summed E-state index contributed by atoms with van der Waals surface area (Å²) >= 11 is 0. The van der Waals surface area contributed by atoms with Crippen molar-refractivity contribution in [1.82, 2.24) is 0 Å². The van der Waals surface area contributed by atoms with Crippen LogP contribution in [0.2, 0.25) is 0 Å². The molecular weight excluding hydrogens is 220 g/mol. The van der Waals surface area contributed by atoms with E-state index < -0.39 is 0 Å². The number of rotatable bonds is 3. The summed E-state index contributed by atoms with van der Waals surface area (Å²) in [5.41, 5.74) is 10.2. The number of benzene rings is 1. The first kappa shape index (κ1) is 13.4. The maximum atomic E-state index is 5.72. The lowest BCUT2D eigenvalue weighted by Crippen LogP contribution is -2.38. The van der Waals surface area contributed by atoms with E-state index in [9.17, 15) is 0 Å². The third kappa shape index (κ3) is 2.69. The van der Waals surface area contributed by atoms with Crippen molar-refractivity contribution >= 4 is 5.69 Å². The van der Waals surface area contributed by atoms with Crippen LogP contribution in [-0.4, -0.2) is 13.1 Å². The molecule has 0 radical (unpaired) electrons. The highest BCUT2D eigenvalue weighted by Crippen LogP contribution is 2.35. The molecule has 1 fully saturated rings. The number of hydrogen-bond acceptors (Lipinski definition) is 2. The van der Waals surface area contributed by atoms with Crippen LogP contribution in [0, 0.1) is 12.3 Å². The Kier molecular flexibility index (Phi) is 3.96. The fourth-order valence-corrected chi connectivity index (χ4v) is 2.76. The van der Waals surface area contributed by atoms with Crippen molar-refractivity contribution < 1.29 is 0 Å². The van der Waals surface area contributed by atoms with Gasteiger partial charge in [0.2, 0.25) is 0 Å². The smallest absolute Gasteiger partial charge is 0.0369 e. The van der Waals surface area contributed by atoms with E-state index in [-0.39, 0.29) is 0 Å². The van der Waals surface area contributed by atoms with E-state index in [1.165, 1.54) is 49.2 Å². The molecular formula is C16H26N2. The molecule has 1 saturated heterocycles. The van der Waals surface area contributed by atoms with Crippen LogP contribution in [0.15, 0.2) is 18.2 Å². The molecule has 0 aromatic heterocycles. The number of nitrogens with zero attached hydrogens (tertiary/aromatic N) is 1. The van der Waals surface area contributed by atoms with Gasteiger partial charge >= 0.3 is 0 Å². The van der Waals surface area contributed by atoms with Gasteiger partial charge in [-0.05, 0) is 48.4 Å². The third-order valence-electron chi connectivity index (χ3n) is 4.74. The minimum absolute atomic E-state index is 0.558. The molecule has 2 nitrogen and oxygen atoms in total. The monoisotopic (exact) mass is 246 g/mol. The lowest BCUT2D eigenvalue weighted by molar-refractivity contribution is 0.238. The fourth-order valence-electron chi connectivity index (χ4n) is 2.76. The summed E-state index contributed by atoms with van der Waals surface area (Å²) < 4.78 is 0. The zero-order chi connectivity index (χ0) is 13.2. The quantitative estimate of drug-likeness (QED) is 0.885. The Hall–Kier alpha value is -1.02. The van der Waals surface area contributed by atoms with Gasteiger partial charge in [0.25, 0.3) is 0 Å². The first-order valence-electron chi connectivity index (χ1n) is 7.12.